The first-order valence-electron chi connectivity index (χ1n) is 20.9. The number of methoxy groups -OCH3 is 1. The van der Waals surface area contributed by atoms with Gasteiger partial charge in [-0.3, -0.25) is 9.78 Å². The highest BCUT2D eigenvalue weighted by Crippen LogP contribution is 2.46. The number of aryl methyl sites for hydroxylation is 4. The molecule has 1 N–H and O–H groups in total. The maximum Gasteiger partial charge on any atom is 0.194 e. The molecule has 0 heterocycles. The van der Waals surface area contributed by atoms with E-state index in [1.165, 1.54) is 45.4 Å². The predicted molar refractivity (Wildman–Crippen MR) is 243 cm³/mol. The second-order valence-electron chi connectivity index (χ2n) is 17.0. The lowest BCUT2D eigenvalue weighted by Gasteiger charge is -2.19. The topological polar surface area (TPSA) is 47.9 Å². The number of allylic oxidation sites excluding steroid dienone is 6. The molecule has 0 amide bonds. The minimum Gasteiger partial charge on any atom is -0.507 e. The Balaban J connectivity index is 1.51. The molecule has 0 saturated carbocycles. The zero-order valence-corrected chi connectivity index (χ0v) is 35.8. The third-order valence-electron chi connectivity index (χ3n) is 10.9. The third-order valence-corrected chi connectivity index (χ3v) is 10.9. The summed E-state index contributed by atoms with van der Waals surface area (Å²) < 4.78 is 6.20. The molecule has 4 heteroatoms. The van der Waals surface area contributed by atoms with Crippen LogP contribution in [0.2, 0.25) is 0 Å². The summed E-state index contributed by atoms with van der Waals surface area (Å²) in [6.07, 6.45) is 15.7. The number of aromatic hydroxyl groups is 1. The summed E-state index contributed by atoms with van der Waals surface area (Å²) in [6.45, 7) is 17.4. The Morgan fingerprint density at radius 3 is 1.25 bits per heavy atom. The van der Waals surface area contributed by atoms with Crippen LogP contribution in [0.1, 0.15) is 110 Å². The van der Waals surface area contributed by atoms with Crippen molar-refractivity contribution >= 4 is 43.1 Å². The Morgan fingerprint density at radius 1 is 0.491 bits per heavy atom. The number of rotatable bonds is 17. The van der Waals surface area contributed by atoms with E-state index in [1.54, 1.807) is 7.11 Å². The second-order valence-corrected chi connectivity index (χ2v) is 17.0. The smallest absolute Gasteiger partial charge is 0.194 e. The van der Waals surface area contributed by atoms with E-state index in [0.717, 1.165) is 100 Å². The van der Waals surface area contributed by atoms with Gasteiger partial charge in [0, 0.05) is 43.1 Å². The van der Waals surface area contributed by atoms with Crippen LogP contribution in [0.4, 0.5) is 0 Å². The first-order chi connectivity index (χ1) is 27.4. The highest BCUT2D eigenvalue weighted by Gasteiger charge is 2.22. The number of hydrogen-bond donors (Lipinski definition) is 1. The molecule has 0 spiro atoms. The van der Waals surface area contributed by atoms with Gasteiger partial charge >= 0.3 is 0 Å². The number of phenols is 1. The van der Waals surface area contributed by atoms with Crippen molar-refractivity contribution in [3.63, 3.8) is 0 Å². The minimum absolute atomic E-state index is 0.270. The number of phenolic OH excluding ortho intramolecular Hbond substituents is 1. The maximum absolute atomic E-state index is 12.0. The second kappa shape index (κ2) is 18.8. The van der Waals surface area contributed by atoms with Crippen LogP contribution >= 0.6 is 0 Å². The average molecular weight is 763 g/mol. The van der Waals surface area contributed by atoms with Gasteiger partial charge in [0.05, 0.1) is 7.11 Å². The largest absolute Gasteiger partial charge is 0.507 e. The van der Waals surface area contributed by atoms with Crippen molar-refractivity contribution in [2.75, 3.05) is 7.11 Å². The lowest BCUT2D eigenvalue weighted by molar-refractivity contribution is -0.0939. The van der Waals surface area contributed by atoms with Gasteiger partial charge in [-0.05, 0) is 145 Å². The monoisotopic (exact) mass is 762 g/mol. The van der Waals surface area contributed by atoms with Crippen molar-refractivity contribution in [2.24, 2.45) is 5.92 Å². The van der Waals surface area contributed by atoms with Crippen LogP contribution in [-0.4, -0.2) is 12.2 Å². The molecule has 0 radical (unpaired) electrons. The van der Waals surface area contributed by atoms with Crippen molar-refractivity contribution in [1.29, 1.82) is 0 Å². The fourth-order valence-electron chi connectivity index (χ4n) is 7.91. The predicted octanol–water partition coefficient (Wildman–Crippen LogP) is 15.1. The summed E-state index contributed by atoms with van der Waals surface area (Å²) in [5.41, 5.74) is 8.76. The Bertz CT molecular complexity index is 2380. The summed E-state index contributed by atoms with van der Waals surface area (Å²) >= 11 is 0. The van der Waals surface area contributed by atoms with Crippen LogP contribution in [0.15, 0.2) is 108 Å². The molecule has 4 nitrogen and oxygen atoms in total. The fourth-order valence-corrected chi connectivity index (χ4v) is 7.91. The SMILES string of the molecule is COc1c2cc(CCCC(C)C)ccc2c(OOc2c3ccc(CCC=C(C)C)cc3c(O)c3cc(CCC=C(C)C)ccc23)c2cc(CCC=C(C)C)ccc12. The molecule has 0 bridgehead atoms. The van der Waals surface area contributed by atoms with Crippen molar-refractivity contribution in [1.82, 2.24) is 0 Å². The van der Waals surface area contributed by atoms with Gasteiger partial charge in [0.1, 0.15) is 11.5 Å². The van der Waals surface area contributed by atoms with Gasteiger partial charge in [0.2, 0.25) is 0 Å². The lowest BCUT2D eigenvalue weighted by Crippen LogP contribution is -2.05. The maximum atomic E-state index is 12.0. The first-order valence-corrected chi connectivity index (χ1v) is 20.9. The van der Waals surface area contributed by atoms with Gasteiger partial charge in [-0.2, -0.15) is 0 Å². The fraction of sp³-hybridized carbons (Fsp3) is 0.358. The van der Waals surface area contributed by atoms with E-state index in [1.807, 2.05) is 0 Å². The Hall–Kier alpha value is -5.22. The molecule has 298 valence electrons. The molecule has 6 rings (SSSR count). The van der Waals surface area contributed by atoms with Gasteiger partial charge in [-0.25, -0.2) is 0 Å². The summed E-state index contributed by atoms with van der Waals surface area (Å²) in [6, 6.07) is 25.9. The molecule has 6 aromatic rings. The molecular weight excluding hydrogens is 701 g/mol. The number of benzene rings is 6. The quantitative estimate of drug-likeness (QED) is 0.0435. The van der Waals surface area contributed by atoms with Gasteiger partial charge in [-0.1, -0.05) is 104 Å². The Labute approximate surface area is 340 Å². The van der Waals surface area contributed by atoms with E-state index in [0.29, 0.717) is 17.4 Å². The molecule has 0 aliphatic carbocycles. The summed E-state index contributed by atoms with van der Waals surface area (Å²) in [5, 5.41) is 18.9. The Morgan fingerprint density at radius 2 is 0.842 bits per heavy atom. The highest BCUT2D eigenvalue weighted by molar-refractivity contribution is 6.12. The van der Waals surface area contributed by atoms with E-state index in [9.17, 15) is 5.11 Å². The molecule has 0 saturated heterocycles. The molecule has 0 fully saturated rings. The van der Waals surface area contributed by atoms with E-state index >= 15 is 0 Å². The van der Waals surface area contributed by atoms with E-state index in [4.69, 9.17) is 14.5 Å². The van der Waals surface area contributed by atoms with Crippen molar-refractivity contribution in [2.45, 2.75) is 113 Å². The Kier molecular flexibility index (Phi) is 13.7. The van der Waals surface area contributed by atoms with Gasteiger partial charge in [-0.15, -0.1) is 0 Å². The number of fused-ring (bicyclic) bond motifs is 4. The van der Waals surface area contributed by atoms with E-state index in [-0.39, 0.29) is 5.75 Å². The van der Waals surface area contributed by atoms with Crippen molar-refractivity contribution < 1.29 is 19.6 Å². The van der Waals surface area contributed by atoms with Crippen LogP contribution in [0, 0.1) is 5.92 Å². The number of hydrogen-bond acceptors (Lipinski definition) is 4. The summed E-state index contributed by atoms with van der Waals surface area (Å²) in [4.78, 5) is 13.4. The molecule has 0 aliphatic heterocycles. The van der Waals surface area contributed by atoms with E-state index < -0.39 is 0 Å². The lowest BCUT2D eigenvalue weighted by atomic mass is 9.95. The highest BCUT2D eigenvalue weighted by atomic mass is 17.2. The van der Waals surface area contributed by atoms with Crippen LogP contribution in [0.3, 0.4) is 0 Å². The molecule has 6 aromatic carbocycles. The van der Waals surface area contributed by atoms with Crippen LogP contribution < -0.4 is 14.5 Å². The van der Waals surface area contributed by atoms with Gasteiger partial charge < -0.3 is 9.84 Å². The molecule has 57 heavy (non-hydrogen) atoms. The molecule has 0 unspecified atom stereocenters. The van der Waals surface area contributed by atoms with Crippen LogP contribution in [0.5, 0.6) is 23.0 Å². The molecule has 0 aliphatic rings. The van der Waals surface area contributed by atoms with Crippen molar-refractivity contribution in [3.05, 3.63) is 130 Å². The minimum atomic E-state index is 0.270. The zero-order chi connectivity index (χ0) is 40.6. The summed E-state index contributed by atoms with van der Waals surface area (Å²) in [5.74, 6) is 3.03. The van der Waals surface area contributed by atoms with Crippen LogP contribution in [-0.2, 0) is 25.7 Å². The number of ether oxygens (including phenoxy) is 1. The van der Waals surface area contributed by atoms with E-state index in [2.05, 4.69) is 146 Å². The van der Waals surface area contributed by atoms with Crippen molar-refractivity contribution in [3.8, 4) is 23.0 Å². The molecule has 0 atom stereocenters. The van der Waals surface area contributed by atoms with Gasteiger partial charge in [0.25, 0.3) is 0 Å². The van der Waals surface area contributed by atoms with Crippen LogP contribution in [0.25, 0.3) is 43.1 Å². The molecular formula is C53H62O4. The molecule has 0 aromatic heterocycles. The third kappa shape index (κ3) is 10.0. The standard InChI is InChI=1S/C53H62O4/c1-34(2)14-10-18-38-22-26-42-46(30-38)50(54)47-31-39(19-11-15-35(3)4)23-27-43(47)52(42)56-57-53-45-29-25-40(20-12-16-36(5)6)32-48(45)51(55-9)44-28-24-41(33-49(44)53)21-13-17-37(7)8/h14-15,17,22-33,36,54H,10-13,16,18-21H2,1-9H3. The van der Waals surface area contributed by atoms with Gasteiger partial charge in [0.15, 0.2) is 11.5 Å². The zero-order valence-electron chi connectivity index (χ0n) is 35.8. The average Bonchev–Trinajstić information content (AvgIpc) is 3.17. The first kappa shape index (κ1) is 41.4. The summed E-state index contributed by atoms with van der Waals surface area (Å²) in [7, 11) is 1.76. The normalized spacial score (nSPS) is 11.4.